The highest BCUT2D eigenvalue weighted by atomic mass is 32.1. The van der Waals surface area contributed by atoms with E-state index < -0.39 is 17.5 Å². The van der Waals surface area contributed by atoms with Gasteiger partial charge in [0, 0.05) is 5.75 Å². The van der Waals surface area contributed by atoms with E-state index in [0.29, 0.717) is 0 Å². The van der Waals surface area contributed by atoms with Gasteiger partial charge in [0.25, 0.3) is 0 Å². The van der Waals surface area contributed by atoms with Crippen molar-refractivity contribution in [3.05, 3.63) is 0 Å². The van der Waals surface area contributed by atoms with Gasteiger partial charge < -0.3 is 15.3 Å². The Morgan fingerprint density at radius 3 is 2.10 bits per heavy atom. The molecule has 3 unspecified atom stereocenters. The molecule has 0 aromatic carbocycles. The molecule has 62 valence electrons. The van der Waals surface area contributed by atoms with Crippen molar-refractivity contribution in [2.75, 3.05) is 12.4 Å². The van der Waals surface area contributed by atoms with Crippen molar-refractivity contribution < 1.29 is 15.3 Å². The lowest BCUT2D eigenvalue weighted by atomic mass is 10.1. The quantitative estimate of drug-likeness (QED) is 0.362. The number of thiol groups is 2. The minimum absolute atomic E-state index is 0.165. The second-order valence-corrected chi connectivity index (χ2v) is 3.02. The van der Waals surface area contributed by atoms with Gasteiger partial charge in [-0.25, -0.2) is 0 Å². The minimum atomic E-state index is -1.01. The molecule has 3 nitrogen and oxygen atoms in total. The lowest BCUT2D eigenvalue weighted by Gasteiger charge is -2.19. The molecule has 0 aliphatic heterocycles. The average molecular weight is 184 g/mol. The Balaban J connectivity index is 3.69. The summed E-state index contributed by atoms with van der Waals surface area (Å²) >= 11 is 7.59. The van der Waals surface area contributed by atoms with Crippen molar-refractivity contribution in [2.45, 2.75) is 17.5 Å². The first-order valence-corrected chi connectivity index (χ1v) is 4.04. The summed E-state index contributed by atoms with van der Waals surface area (Å²) in [6, 6.07) is 0. The molecule has 0 aromatic rings. The van der Waals surface area contributed by atoms with Gasteiger partial charge in [0.2, 0.25) is 0 Å². The van der Waals surface area contributed by atoms with Crippen LogP contribution in [0.4, 0.5) is 0 Å². The molecule has 0 saturated heterocycles. The maximum atomic E-state index is 9.05. The van der Waals surface area contributed by atoms with Crippen LogP contribution < -0.4 is 0 Å². The molecule has 0 amide bonds. The summed E-state index contributed by atoms with van der Waals surface area (Å²) in [7, 11) is 0. The highest BCUT2D eigenvalue weighted by Crippen LogP contribution is 2.06. The molecule has 10 heavy (non-hydrogen) atoms. The molecule has 0 heterocycles. The van der Waals surface area contributed by atoms with E-state index >= 15 is 0 Å². The van der Waals surface area contributed by atoms with Crippen LogP contribution in [0.5, 0.6) is 0 Å². The molecule has 0 fully saturated rings. The Morgan fingerprint density at radius 1 is 1.30 bits per heavy atom. The van der Waals surface area contributed by atoms with Gasteiger partial charge in [-0.05, 0) is 0 Å². The van der Waals surface area contributed by atoms with Gasteiger partial charge in [0.05, 0.1) is 24.1 Å². The maximum Gasteiger partial charge on any atom is 0.0945 e. The summed E-state index contributed by atoms with van der Waals surface area (Å²) in [5.74, 6) is 0.165. The Labute approximate surface area is 70.9 Å². The van der Waals surface area contributed by atoms with E-state index in [-0.39, 0.29) is 12.4 Å². The van der Waals surface area contributed by atoms with Gasteiger partial charge in [-0.2, -0.15) is 25.3 Å². The van der Waals surface area contributed by atoms with Crippen molar-refractivity contribution in [3.63, 3.8) is 0 Å². The molecular weight excluding hydrogens is 172 g/mol. The molecule has 3 N–H and O–H groups in total. The van der Waals surface area contributed by atoms with Crippen molar-refractivity contribution in [3.8, 4) is 0 Å². The number of rotatable bonds is 4. The van der Waals surface area contributed by atoms with E-state index in [0.717, 1.165) is 0 Å². The van der Waals surface area contributed by atoms with E-state index in [9.17, 15) is 0 Å². The molecule has 0 bridgehead atoms. The zero-order valence-electron chi connectivity index (χ0n) is 5.38. The molecule has 0 aromatic heterocycles. The molecule has 0 saturated carbocycles. The molecule has 0 radical (unpaired) electrons. The minimum Gasteiger partial charge on any atom is -0.395 e. The van der Waals surface area contributed by atoms with Gasteiger partial charge in [0.15, 0.2) is 0 Å². The maximum absolute atomic E-state index is 9.05. The first-order chi connectivity index (χ1) is 4.63. The molecule has 0 aliphatic rings. The van der Waals surface area contributed by atoms with Crippen LogP contribution in [0, 0.1) is 0 Å². The zero-order chi connectivity index (χ0) is 8.15. The van der Waals surface area contributed by atoms with Crippen LogP contribution in [-0.2, 0) is 0 Å². The van der Waals surface area contributed by atoms with Crippen LogP contribution in [0.2, 0.25) is 0 Å². The highest BCUT2D eigenvalue weighted by Gasteiger charge is 2.21. The van der Waals surface area contributed by atoms with Gasteiger partial charge in [-0.1, -0.05) is 0 Å². The van der Waals surface area contributed by atoms with Crippen molar-refractivity contribution in [2.24, 2.45) is 0 Å². The lowest BCUT2D eigenvalue weighted by molar-refractivity contribution is 0.0241. The topological polar surface area (TPSA) is 60.7 Å². The molecule has 5 heteroatoms. The van der Waals surface area contributed by atoms with Crippen LogP contribution in [-0.4, -0.2) is 45.1 Å². The fraction of sp³-hybridized carbons (Fsp3) is 1.00. The second kappa shape index (κ2) is 5.26. The molecule has 0 rings (SSSR count). The van der Waals surface area contributed by atoms with Crippen LogP contribution in [0.25, 0.3) is 0 Å². The standard InChI is InChI=1S/C5H12O3S2/c6-1-4(10)5(8)3(7)2-9/h3-10H,1-2H2. The molecule has 0 aliphatic carbocycles. The van der Waals surface area contributed by atoms with Gasteiger partial charge in [0.1, 0.15) is 0 Å². The smallest absolute Gasteiger partial charge is 0.0945 e. The summed E-state index contributed by atoms with van der Waals surface area (Å²) < 4.78 is 0. The number of aliphatic hydroxyl groups excluding tert-OH is 3. The van der Waals surface area contributed by atoms with Crippen molar-refractivity contribution in [1.82, 2.24) is 0 Å². The fourth-order valence-corrected chi connectivity index (χ4v) is 0.887. The van der Waals surface area contributed by atoms with Crippen LogP contribution in [0.1, 0.15) is 0 Å². The normalized spacial score (nSPS) is 20.1. The number of hydrogen-bond donors (Lipinski definition) is 5. The second-order valence-electron chi connectivity index (χ2n) is 1.99. The van der Waals surface area contributed by atoms with E-state index in [1.165, 1.54) is 0 Å². The zero-order valence-corrected chi connectivity index (χ0v) is 7.17. The summed E-state index contributed by atoms with van der Waals surface area (Å²) in [5.41, 5.74) is 0. The third kappa shape index (κ3) is 3.12. The third-order valence-electron chi connectivity index (χ3n) is 1.16. The van der Waals surface area contributed by atoms with Crippen LogP contribution in [0.3, 0.4) is 0 Å². The highest BCUT2D eigenvalue weighted by molar-refractivity contribution is 7.81. The SMILES string of the molecule is OCC(S)C(O)C(O)CS. The van der Waals surface area contributed by atoms with Crippen LogP contribution in [0.15, 0.2) is 0 Å². The van der Waals surface area contributed by atoms with E-state index in [1.54, 1.807) is 0 Å². The Kier molecular flexibility index (Phi) is 5.56. The largest absolute Gasteiger partial charge is 0.395 e. The van der Waals surface area contributed by atoms with Crippen molar-refractivity contribution >= 4 is 25.3 Å². The summed E-state index contributed by atoms with van der Waals surface area (Å²) in [4.78, 5) is 0. The van der Waals surface area contributed by atoms with Gasteiger partial charge in [-0.3, -0.25) is 0 Å². The van der Waals surface area contributed by atoms with Crippen molar-refractivity contribution in [1.29, 1.82) is 0 Å². The average Bonchev–Trinajstić information content (AvgIpc) is 2.00. The molecular formula is C5H12O3S2. The summed E-state index contributed by atoms with van der Waals surface area (Å²) in [5, 5.41) is 25.9. The summed E-state index contributed by atoms with van der Waals surface area (Å²) in [6.07, 6.45) is -1.93. The Morgan fingerprint density at radius 2 is 1.80 bits per heavy atom. The predicted molar refractivity (Wildman–Crippen MR) is 45.7 cm³/mol. The number of hydrogen-bond acceptors (Lipinski definition) is 5. The van der Waals surface area contributed by atoms with Crippen LogP contribution >= 0.6 is 25.3 Å². The molecule has 3 atom stereocenters. The third-order valence-corrected chi connectivity index (χ3v) is 2.01. The van der Waals surface area contributed by atoms with Gasteiger partial charge in [-0.15, -0.1) is 0 Å². The summed E-state index contributed by atoms with van der Waals surface area (Å²) in [6.45, 7) is -0.255. The molecule has 0 spiro atoms. The lowest BCUT2D eigenvalue weighted by Crippen LogP contribution is -2.37. The first kappa shape index (κ1) is 10.6. The van der Waals surface area contributed by atoms with E-state index in [4.69, 9.17) is 15.3 Å². The van der Waals surface area contributed by atoms with Gasteiger partial charge >= 0.3 is 0 Å². The first-order valence-electron chi connectivity index (χ1n) is 2.89. The fourth-order valence-electron chi connectivity index (χ4n) is 0.472. The van der Waals surface area contributed by atoms with E-state index in [1.807, 2.05) is 0 Å². The van der Waals surface area contributed by atoms with E-state index in [2.05, 4.69) is 25.3 Å². The predicted octanol–water partition coefficient (Wildman–Crippen LogP) is -1.07. The monoisotopic (exact) mass is 184 g/mol. The Hall–Kier alpha value is 0.580. The number of aliphatic hydroxyl groups is 3. The Bertz CT molecular complexity index is 81.0.